The van der Waals surface area contributed by atoms with Gasteiger partial charge in [-0.3, -0.25) is 19.9 Å². The Hall–Kier alpha value is -1.46. The van der Waals surface area contributed by atoms with E-state index in [1.54, 1.807) is 11.7 Å². The molecular weight excluding hydrogens is 290 g/mol. The second kappa shape index (κ2) is 5.87. The van der Waals surface area contributed by atoms with Gasteiger partial charge in [0.2, 0.25) is 0 Å². The van der Waals surface area contributed by atoms with Crippen LogP contribution < -0.4 is 5.48 Å². The minimum absolute atomic E-state index is 0.436. The zero-order chi connectivity index (χ0) is 15.9. The predicted molar refractivity (Wildman–Crippen MR) is 86.1 cm³/mol. The molecule has 2 aliphatic carbocycles. The van der Waals surface area contributed by atoms with E-state index in [0.717, 1.165) is 30.8 Å². The standard InChI is InChI=1S/C18H25N3O2/c22-17(20-23)14-9-13-4-8-21(12-16(13)19-11-14)15-3-7-18(10-15)5-1-2-6-18/h9,11,15,23H,1-8,10,12H2,(H,20,22)/t15-/m0/s1. The summed E-state index contributed by atoms with van der Waals surface area (Å²) < 4.78 is 0. The van der Waals surface area contributed by atoms with Gasteiger partial charge in [-0.2, -0.15) is 0 Å². The number of aromatic nitrogens is 1. The largest absolute Gasteiger partial charge is 0.294 e. The summed E-state index contributed by atoms with van der Waals surface area (Å²) in [5.74, 6) is -0.485. The third kappa shape index (κ3) is 2.76. The molecule has 1 aromatic heterocycles. The van der Waals surface area contributed by atoms with Crippen molar-refractivity contribution in [3.8, 4) is 0 Å². The Bertz CT molecular complexity index is 610. The first-order chi connectivity index (χ1) is 11.2. The van der Waals surface area contributed by atoms with Crippen molar-refractivity contribution in [3.05, 3.63) is 29.1 Å². The van der Waals surface area contributed by atoms with Crippen molar-refractivity contribution >= 4 is 5.91 Å². The van der Waals surface area contributed by atoms with Gasteiger partial charge in [0, 0.05) is 25.3 Å². The van der Waals surface area contributed by atoms with Gasteiger partial charge in [-0.1, -0.05) is 12.8 Å². The zero-order valence-electron chi connectivity index (χ0n) is 13.6. The summed E-state index contributed by atoms with van der Waals surface area (Å²) in [6.45, 7) is 1.96. The molecule has 3 aliphatic rings. The summed E-state index contributed by atoms with van der Waals surface area (Å²) in [4.78, 5) is 18.6. The van der Waals surface area contributed by atoms with Gasteiger partial charge >= 0.3 is 0 Å². The van der Waals surface area contributed by atoms with Crippen LogP contribution in [0.4, 0.5) is 0 Å². The number of rotatable bonds is 2. The Balaban J connectivity index is 1.46. The molecule has 0 radical (unpaired) electrons. The fourth-order valence-corrected chi connectivity index (χ4v) is 5.00. The Kier molecular flexibility index (Phi) is 3.85. The Labute approximate surface area is 137 Å². The van der Waals surface area contributed by atoms with Gasteiger partial charge in [-0.15, -0.1) is 0 Å². The minimum atomic E-state index is -0.485. The smallest absolute Gasteiger partial charge is 0.276 e. The third-order valence-corrected chi connectivity index (χ3v) is 6.30. The van der Waals surface area contributed by atoms with E-state index in [1.165, 1.54) is 44.9 Å². The van der Waals surface area contributed by atoms with Gasteiger partial charge < -0.3 is 0 Å². The van der Waals surface area contributed by atoms with Crippen LogP contribution in [0, 0.1) is 5.41 Å². The van der Waals surface area contributed by atoms with Gasteiger partial charge in [0.15, 0.2) is 0 Å². The second-order valence-corrected chi connectivity index (χ2v) is 7.59. The van der Waals surface area contributed by atoms with Crippen LogP contribution in [0.2, 0.25) is 0 Å². The number of carbonyl (C=O) groups excluding carboxylic acids is 1. The lowest BCUT2D eigenvalue weighted by Gasteiger charge is -2.34. The van der Waals surface area contributed by atoms with Crippen molar-refractivity contribution in [2.75, 3.05) is 6.54 Å². The number of amides is 1. The van der Waals surface area contributed by atoms with E-state index in [9.17, 15) is 4.79 Å². The van der Waals surface area contributed by atoms with E-state index in [-0.39, 0.29) is 0 Å². The molecule has 0 saturated heterocycles. The quantitative estimate of drug-likeness (QED) is 0.650. The SMILES string of the molecule is O=C(NO)c1cnc2c(c1)CCN([C@H]1CCC3(CCCC3)C1)C2. The average Bonchev–Trinajstić information content (AvgIpc) is 3.23. The van der Waals surface area contributed by atoms with E-state index in [1.807, 2.05) is 6.07 Å². The van der Waals surface area contributed by atoms with Crippen LogP contribution in [-0.2, 0) is 13.0 Å². The number of nitrogens with zero attached hydrogens (tertiary/aromatic N) is 2. The molecule has 2 saturated carbocycles. The maximum atomic E-state index is 11.5. The Morgan fingerprint density at radius 1 is 1.35 bits per heavy atom. The maximum Gasteiger partial charge on any atom is 0.276 e. The maximum absolute atomic E-state index is 11.5. The first-order valence-corrected chi connectivity index (χ1v) is 8.85. The van der Waals surface area contributed by atoms with Gasteiger partial charge in [0.05, 0.1) is 11.3 Å². The fraction of sp³-hybridized carbons (Fsp3) is 0.667. The normalized spacial score (nSPS) is 26.4. The van der Waals surface area contributed by atoms with Crippen molar-refractivity contribution in [3.63, 3.8) is 0 Å². The summed E-state index contributed by atoms with van der Waals surface area (Å²) in [6, 6.07) is 2.58. The van der Waals surface area contributed by atoms with Crippen LogP contribution in [0.5, 0.6) is 0 Å². The summed E-state index contributed by atoms with van der Waals surface area (Å²) in [6.07, 6.45) is 12.3. The molecule has 5 heteroatoms. The Morgan fingerprint density at radius 2 is 2.17 bits per heavy atom. The molecule has 1 amide bonds. The van der Waals surface area contributed by atoms with Crippen molar-refractivity contribution < 1.29 is 10.0 Å². The first kappa shape index (κ1) is 15.1. The number of hydrogen-bond acceptors (Lipinski definition) is 4. The molecular formula is C18H25N3O2. The average molecular weight is 315 g/mol. The fourth-order valence-electron chi connectivity index (χ4n) is 5.00. The molecule has 1 aliphatic heterocycles. The van der Waals surface area contributed by atoms with Gasteiger partial charge in [-0.05, 0) is 55.6 Å². The molecule has 124 valence electrons. The van der Waals surface area contributed by atoms with Crippen LogP contribution in [0.25, 0.3) is 0 Å². The van der Waals surface area contributed by atoms with Crippen LogP contribution in [0.15, 0.2) is 12.3 Å². The summed E-state index contributed by atoms with van der Waals surface area (Å²) in [7, 11) is 0. The monoisotopic (exact) mass is 315 g/mol. The van der Waals surface area contributed by atoms with E-state index in [0.29, 0.717) is 17.0 Å². The summed E-state index contributed by atoms with van der Waals surface area (Å²) in [5.41, 5.74) is 5.01. The van der Waals surface area contributed by atoms with Gasteiger partial charge in [0.25, 0.3) is 5.91 Å². The molecule has 2 N–H and O–H groups in total. The highest BCUT2D eigenvalue weighted by molar-refractivity contribution is 5.93. The van der Waals surface area contributed by atoms with Crippen LogP contribution >= 0.6 is 0 Å². The molecule has 0 aromatic carbocycles. The van der Waals surface area contributed by atoms with E-state index in [4.69, 9.17) is 5.21 Å². The lowest BCUT2D eigenvalue weighted by atomic mass is 9.84. The topological polar surface area (TPSA) is 65.5 Å². The second-order valence-electron chi connectivity index (χ2n) is 7.59. The number of pyridine rings is 1. The van der Waals surface area contributed by atoms with Crippen LogP contribution in [-0.4, -0.2) is 33.6 Å². The third-order valence-electron chi connectivity index (χ3n) is 6.30. The summed E-state index contributed by atoms with van der Waals surface area (Å²) >= 11 is 0. The Morgan fingerprint density at radius 3 is 2.96 bits per heavy atom. The number of nitrogens with one attached hydrogen (secondary N) is 1. The van der Waals surface area contributed by atoms with E-state index < -0.39 is 5.91 Å². The molecule has 4 rings (SSSR count). The molecule has 0 bridgehead atoms. The highest BCUT2D eigenvalue weighted by Crippen LogP contribution is 2.51. The highest BCUT2D eigenvalue weighted by atomic mass is 16.5. The predicted octanol–water partition coefficient (Wildman–Crippen LogP) is 2.67. The van der Waals surface area contributed by atoms with Crippen molar-refractivity contribution in [2.24, 2.45) is 5.41 Å². The molecule has 1 aromatic rings. The minimum Gasteiger partial charge on any atom is -0.294 e. The lowest BCUT2D eigenvalue weighted by Crippen LogP contribution is -2.39. The molecule has 2 heterocycles. The lowest BCUT2D eigenvalue weighted by molar-refractivity contribution is 0.0705. The number of carbonyl (C=O) groups is 1. The van der Waals surface area contributed by atoms with Gasteiger partial charge in [0.1, 0.15) is 0 Å². The van der Waals surface area contributed by atoms with Crippen LogP contribution in [0.1, 0.15) is 66.6 Å². The number of hydrogen-bond donors (Lipinski definition) is 2. The first-order valence-electron chi connectivity index (χ1n) is 8.85. The molecule has 1 atom stereocenters. The molecule has 1 spiro atoms. The van der Waals surface area contributed by atoms with Crippen molar-refractivity contribution in [1.29, 1.82) is 0 Å². The zero-order valence-corrected chi connectivity index (χ0v) is 13.6. The van der Waals surface area contributed by atoms with Crippen LogP contribution in [0.3, 0.4) is 0 Å². The van der Waals surface area contributed by atoms with Crippen molar-refractivity contribution in [1.82, 2.24) is 15.4 Å². The number of hydroxylamine groups is 1. The molecule has 2 fully saturated rings. The van der Waals surface area contributed by atoms with Gasteiger partial charge in [-0.25, -0.2) is 5.48 Å². The molecule has 0 unspecified atom stereocenters. The summed E-state index contributed by atoms with van der Waals surface area (Å²) in [5, 5.41) is 8.74. The van der Waals surface area contributed by atoms with E-state index in [2.05, 4.69) is 9.88 Å². The molecule has 23 heavy (non-hydrogen) atoms. The van der Waals surface area contributed by atoms with Crippen molar-refractivity contribution in [2.45, 2.75) is 64.0 Å². The molecule has 5 nitrogen and oxygen atoms in total. The number of fused-ring (bicyclic) bond motifs is 1. The highest BCUT2D eigenvalue weighted by Gasteiger charge is 2.43. The van der Waals surface area contributed by atoms with E-state index >= 15 is 0 Å².